The molecule has 4 aromatic rings. The van der Waals surface area contributed by atoms with Crippen molar-refractivity contribution >= 4 is 22.6 Å². The Hall–Kier alpha value is -3.26. The van der Waals surface area contributed by atoms with Crippen LogP contribution in [0.15, 0.2) is 42.6 Å². The highest BCUT2D eigenvalue weighted by Gasteiger charge is 2.19. The number of halogens is 1. The van der Waals surface area contributed by atoms with E-state index in [0.29, 0.717) is 42.1 Å². The molecule has 0 aliphatic carbocycles. The summed E-state index contributed by atoms with van der Waals surface area (Å²) in [5, 5.41) is 2.91. The number of H-pyrrole nitrogens is 1. The normalized spacial score (nSPS) is 11.6. The molecule has 28 heavy (non-hydrogen) atoms. The molecule has 3 heterocycles. The molecule has 0 atom stereocenters. The summed E-state index contributed by atoms with van der Waals surface area (Å²) in [5.74, 6) is 0.170. The van der Waals surface area contributed by atoms with Crippen LogP contribution < -0.4 is 5.32 Å². The van der Waals surface area contributed by atoms with Crippen LogP contribution in [0.1, 0.15) is 22.0 Å². The fourth-order valence-electron chi connectivity index (χ4n) is 3.21. The molecule has 0 aliphatic heterocycles. The Morgan fingerprint density at radius 3 is 2.93 bits per heavy atom. The molecule has 1 amide bonds. The van der Waals surface area contributed by atoms with Crippen molar-refractivity contribution in [2.24, 2.45) is 0 Å². The van der Waals surface area contributed by atoms with Gasteiger partial charge in [-0.15, -0.1) is 0 Å². The highest BCUT2D eigenvalue weighted by Crippen LogP contribution is 2.15. The molecule has 7 nitrogen and oxygen atoms in total. The van der Waals surface area contributed by atoms with Crippen LogP contribution in [0.4, 0.5) is 4.39 Å². The predicted molar refractivity (Wildman–Crippen MR) is 105 cm³/mol. The zero-order valence-electron chi connectivity index (χ0n) is 15.7. The monoisotopic (exact) mass is 380 g/mol. The minimum absolute atomic E-state index is 0.220. The zero-order valence-corrected chi connectivity index (χ0v) is 15.7. The fraction of sp³-hybridized carbons (Fsp3) is 0.250. The lowest BCUT2D eigenvalue weighted by atomic mass is 10.2. The van der Waals surface area contributed by atoms with Gasteiger partial charge in [-0.2, -0.15) is 0 Å². The molecule has 0 bridgehead atoms. The van der Waals surface area contributed by atoms with Gasteiger partial charge in [0, 0.05) is 25.7 Å². The number of benzene rings is 1. The number of aromatic nitrogens is 4. The van der Waals surface area contributed by atoms with Crippen molar-refractivity contribution in [1.82, 2.24) is 29.6 Å². The van der Waals surface area contributed by atoms with Gasteiger partial charge in [0.25, 0.3) is 5.91 Å². The average molecular weight is 380 g/mol. The van der Waals surface area contributed by atoms with Crippen LogP contribution in [0, 0.1) is 5.82 Å². The molecule has 1 aromatic carbocycles. The van der Waals surface area contributed by atoms with Crippen molar-refractivity contribution in [3.05, 3.63) is 65.6 Å². The van der Waals surface area contributed by atoms with Crippen LogP contribution in [0.5, 0.6) is 0 Å². The number of carbonyl (C=O) groups excluding carboxylic acids is 1. The van der Waals surface area contributed by atoms with E-state index in [2.05, 4.69) is 20.3 Å². The SMILES string of the molecule is CN(C)Cc1c(C(=O)NCCc2nc3ccc(F)cc3[nH]2)nc2ccccn12. The minimum atomic E-state index is -0.309. The van der Waals surface area contributed by atoms with Crippen LogP contribution in [0.3, 0.4) is 0 Å². The van der Waals surface area contributed by atoms with E-state index in [-0.39, 0.29) is 11.7 Å². The molecule has 4 rings (SSSR count). The zero-order chi connectivity index (χ0) is 19.7. The second-order valence-electron chi connectivity index (χ2n) is 6.92. The van der Waals surface area contributed by atoms with Gasteiger partial charge in [-0.1, -0.05) is 6.07 Å². The molecule has 0 spiro atoms. The number of rotatable bonds is 6. The summed E-state index contributed by atoms with van der Waals surface area (Å²) in [6.07, 6.45) is 2.42. The highest BCUT2D eigenvalue weighted by atomic mass is 19.1. The number of aromatic amines is 1. The van der Waals surface area contributed by atoms with E-state index in [1.807, 2.05) is 47.8 Å². The molecule has 0 saturated heterocycles. The number of pyridine rings is 1. The first-order valence-electron chi connectivity index (χ1n) is 9.04. The van der Waals surface area contributed by atoms with Crippen molar-refractivity contribution < 1.29 is 9.18 Å². The Morgan fingerprint density at radius 2 is 2.11 bits per heavy atom. The molecular formula is C20H21FN6O. The topological polar surface area (TPSA) is 78.3 Å². The van der Waals surface area contributed by atoms with E-state index >= 15 is 0 Å². The lowest BCUT2D eigenvalue weighted by Crippen LogP contribution is -2.28. The van der Waals surface area contributed by atoms with Crippen molar-refractivity contribution in [3.8, 4) is 0 Å². The molecule has 0 fully saturated rings. The first kappa shape index (κ1) is 18.1. The standard InChI is InChI=1S/C20H21FN6O/c1-26(2)12-16-19(25-18-5-3-4-10-27(16)18)20(28)22-9-8-17-23-14-7-6-13(21)11-15(14)24-17/h3-7,10-11H,8-9,12H2,1-2H3,(H,22,28)(H,23,24). The van der Waals surface area contributed by atoms with E-state index in [1.54, 1.807) is 6.07 Å². The van der Waals surface area contributed by atoms with Crippen LogP contribution in [0.25, 0.3) is 16.7 Å². The number of imidazole rings is 2. The van der Waals surface area contributed by atoms with Crippen molar-refractivity contribution in [1.29, 1.82) is 0 Å². The van der Waals surface area contributed by atoms with Gasteiger partial charge in [0.15, 0.2) is 5.69 Å². The minimum Gasteiger partial charge on any atom is -0.350 e. The van der Waals surface area contributed by atoms with Gasteiger partial charge in [0.05, 0.1) is 16.7 Å². The first-order chi connectivity index (χ1) is 13.5. The Bertz CT molecular complexity index is 1150. The number of nitrogens with zero attached hydrogens (tertiary/aromatic N) is 4. The summed E-state index contributed by atoms with van der Waals surface area (Å²) in [6, 6.07) is 10.1. The Kier molecular flexibility index (Phi) is 4.79. The second kappa shape index (κ2) is 7.40. The van der Waals surface area contributed by atoms with Gasteiger partial charge < -0.3 is 19.6 Å². The summed E-state index contributed by atoms with van der Waals surface area (Å²) in [6.45, 7) is 0.999. The summed E-state index contributed by atoms with van der Waals surface area (Å²) >= 11 is 0. The molecule has 0 radical (unpaired) electrons. The highest BCUT2D eigenvalue weighted by molar-refractivity contribution is 5.94. The van der Waals surface area contributed by atoms with E-state index in [4.69, 9.17) is 0 Å². The number of hydrogen-bond acceptors (Lipinski definition) is 4. The maximum Gasteiger partial charge on any atom is 0.271 e. The van der Waals surface area contributed by atoms with Crippen LogP contribution >= 0.6 is 0 Å². The third-order valence-corrected chi connectivity index (χ3v) is 4.45. The van der Waals surface area contributed by atoms with Crippen molar-refractivity contribution in [2.45, 2.75) is 13.0 Å². The van der Waals surface area contributed by atoms with Crippen molar-refractivity contribution in [3.63, 3.8) is 0 Å². The summed E-state index contributed by atoms with van der Waals surface area (Å²) < 4.78 is 15.2. The van der Waals surface area contributed by atoms with E-state index in [0.717, 1.165) is 11.3 Å². The third kappa shape index (κ3) is 3.59. The van der Waals surface area contributed by atoms with E-state index in [1.165, 1.54) is 12.1 Å². The van der Waals surface area contributed by atoms with Crippen LogP contribution in [-0.4, -0.2) is 50.8 Å². The molecule has 3 aromatic heterocycles. The Labute approximate surface area is 161 Å². The molecular weight excluding hydrogens is 359 g/mol. The molecule has 2 N–H and O–H groups in total. The van der Waals surface area contributed by atoms with Crippen molar-refractivity contribution in [2.75, 3.05) is 20.6 Å². The third-order valence-electron chi connectivity index (χ3n) is 4.45. The largest absolute Gasteiger partial charge is 0.350 e. The molecule has 0 saturated carbocycles. The van der Waals surface area contributed by atoms with Gasteiger partial charge in [-0.05, 0) is 44.4 Å². The summed E-state index contributed by atoms with van der Waals surface area (Å²) in [5.41, 5.74) is 3.36. The van der Waals surface area contributed by atoms with Crippen LogP contribution in [-0.2, 0) is 13.0 Å². The number of carbonyl (C=O) groups is 1. The van der Waals surface area contributed by atoms with Gasteiger partial charge in [-0.3, -0.25) is 4.79 Å². The van der Waals surface area contributed by atoms with Gasteiger partial charge in [0.2, 0.25) is 0 Å². The molecule has 0 aliphatic rings. The van der Waals surface area contributed by atoms with Gasteiger partial charge in [-0.25, -0.2) is 14.4 Å². The fourth-order valence-corrected chi connectivity index (χ4v) is 3.21. The first-order valence-corrected chi connectivity index (χ1v) is 9.04. The number of fused-ring (bicyclic) bond motifs is 2. The number of nitrogens with one attached hydrogen (secondary N) is 2. The van der Waals surface area contributed by atoms with Crippen LogP contribution in [0.2, 0.25) is 0 Å². The summed E-state index contributed by atoms with van der Waals surface area (Å²) in [7, 11) is 3.91. The maximum absolute atomic E-state index is 13.3. The number of hydrogen-bond donors (Lipinski definition) is 2. The second-order valence-corrected chi connectivity index (χ2v) is 6.92. The lowest BCUT2D eigenvalue weighted by molar-refractivity contribution is 0.0948. The lowest BCUT2D eigenvalue weighted by Gasteiger charge is -2.11. The molecule has 144 valence electrons. The predicted octanol–water partition coefficient (Wildman–Crippen LogP) is 2.38. The molecule has 0 unspecified atom stereocenters. The Morgan fingerprint density at radius 1 is 1.25 bits per heavy atom. The Balaban J connectivity index is 1.48. The number of amides is 1. The van der Waals surface area contributed by atoms with Gasteiger partial charge in [0.1, 0.15) is 17.3 Å². The maximum atomic E-state index is 13.3. The van der Waals surface area contributed by atoms with E-state index in [9.17, 15) is 9.18 Å². The van der Waals surface area contributed by atoms with E-state index < -0.39 is 0 Å². The molecule has 8 heteroatoms. The summed E-state index contributed by atoms with van der Waals surface area (Å²) in [4.78, 5) is 26.7. The quantitative estimate of drug-likeness (QED) is 0.538. The smallest absolute Gasteiger partial charge is 0.271 e. The average Bonchev–Trinajstić information content (AvgIpc) is 3.22. The van der Waals surface area contributed by atoms with Gasteiger partial charge >= 0.3 is 0 Å².